The summed E-state index contributed by atoms with van der Waals surface area (Å²) >= 11 is 0. The zero-order chi connectivity index (χ0) is 21.8. The van der Waals surface area contributed by atoms with Crippen LogP contribution in [-0.2, 0) is 19.1 Å². The average molecular weight is 413 g/mol. The van der Waals surface area contributed by atoms with Crippen molar-refractivity contribution in [2.45, 2.75) is 19.8 Å². The molecule has 158 valence electrons. The van der Waals surface area contributed by atoms with Gasteiger partial charge in [-0.3, -0.25) is 30.0 Å². The van der Waals surface area contributed by atoms with Crippen molar-refractivity contribution in [1.82, 2.24) is 10.9 Å². The summed E-state index contributed by atoms with van der Waals surface area (Å²) in [6, 6.07) is 15.2. The molecule has 0 radical (unpaired) electrons. The van der Waals surface area contributed by atoms with Crippen LogP contribution in [0.25, 0.3) is 0 Å². The molecular weight excluding hydrogens is 390 g/mol. The highest BCUT2D eigenvalue weighted by Crippen LogP contribution is 2.23. The molecule has 2 rings (SSSR count). The first-order valence-electron chi connectivity index (χ1n) is 9.31. The number of carbonyl (C=O) groups excluding carboxylic acids is 4. The molecule has 3 amide bonds. The summed E-state index contributed by atoms with van der Waals surface area (Å²) in [4.78, 5) is 47.2. The van der Waals surface area contributed by atoms with Gasteiger partial charge in [-0.2, -0.15) is 0 Å². The van der Waals surface area contributed by atoms with Crippen LogP contribution in [0, 0.1) is 0 Å². The Morgan fingerprint density at radius 1 is 0.833 bits per heavy atom. The molecular formula is C21H23N3O6. The number of ether oxygens (including phenoxy) is 2. The number of carbonyl (C=O) groups is 4. The van der Waals surface area contributed by atoms with Gasteiger partial charge in [-0.1, -0.05) is 30.3 Å². The highest BCUT2D eigenvalue weighted by molar-refractivity contribution is 5.96. The number of hydrazine groups is 1. The number of hydrogen-bond acceptors (Lipinski definition) is 6. The van der Waals surface area contributed by atoms with Crippen molar-refractivity contribution >= 4 is 29.4 Å². The van der Waals surface area contributed by atoms with Crippen LogP contribution in [0.2, 0.25) is 0 Å². The lowest BCUT2D eigenvalue weighted by atomic mass is 10.2. The molecule has 2 aromatic carbocycles. The van der Waals surface area contributed by atoms with Gasteiger partial charge in [-0.25, -0.2) is 0 Å². The van der Waals surface area contributed by atoms with Gasteiger partial charge < -0.3 is 14.8 Å². The second-order valence-electron chi connectivity index (χ2n) is 6.01. The van der Waals surface area contributed by atoms with Gasteiger partial charge in [0.2, 0.25) is 5.91 Å². The third kappa shape index (κ3) is 7.63. The van der Waals surface area contributed by atoms with E-state index in [0.29, 0.717) is 23.6 Å². The second kappa shape index (κ2) is 11.8. The van der Waals surface area contributed by atoms with Crippen LogP contribution in [-0.4, -0.2) is 36.9 Å². The maximum Gasteiger partial charge on any atom is 0.306 e. The van der Waals surface area contributed by atoms with Crippen LogP contribution in [0.1, 0.15) is 30.1 Å². The van der Waals surface area contributed by atoms with Crippen molar-refractivity contribution in [2.24, 2.45) is 0 Å². The quantitative estimate of drug-likeness (QED) is 0.426. The molecule has 0 aliphatic carbocycles. The molecule has 0 heterocycles. The fourth-order valence-corrected chi connectivity index (χ4v) is 2.32. The highest BCUT2D eigenvalue weighted by atomic mass is 16.5. The van der Waals surface area contributed by atoms with E-state index in [9.17, 15) is 19.2 Å². The normalized spacial score (nSPS) is 9.90. The Morgan fingerprint density at radius 2 is 1.53 bits per heavy atom. The number of benzene rings is 2. The Hall–Kier alpha value is -3.88. The number of esters is 1. The van der Waals surface area contributed by atoms with Crippen LogP contribution in [0.3, 0.4) is 0 Å². The van der Waals surface area contributed by atoms with E-state index in [4.69, 9.17) is 9.47 Å². The second-order valence-corrected chi connectivity index (χ2v) is 6.01. The maximum absolute atomic E-state index is 12.0. The van der Waals surface area contributed by atoms with Gasteiger partial charge in [0.15, 0.2) is 6.61 Å². The number of amides is 3. The van der Waals surface area contributed by atoms with Crippen LogP contribution in [0.15, 0.2) is 54.6 Å². The van der Waals surface area contributed by atoms with Gasteiger partial charge in [0.25, 0.3) is 11.8 Å². The molecule has 30 heavy (non-hydrogen) atoms. The van der Waals surface area contributed by atoms with E-state index in [2.05, 4.69) is 16.2 Å². The number of hydrogen-bond donors (Lipinski definition) is 3. The first-order chi connectivity index (χ1) is 14.5. The van der Waals surface area contributed by atoms with Gasteiger partial charge in [0.05, 0.1) is 18.7 Å². The molecule has 9 nitrogen and oxygen atoms in total. The van der Waals surface area contributed by atoms with Crippen LogP contribution < -0.4 is 20.9 Å². The molecule has 0 bridgehead atoms. The van der Waals surface area contributed by atoms with Gasteiger partial charge >= 0.3 is 5.97 Å². The first kappa shape index (κ1) is 22.4. The molecule has 0 spiro atoms. The van der Waals surface area contributed by atoms with E-state index in [1.54, 1.807) is 54.6 Å². The average Bonchev–Trinajstić information content (AvgIpc) is 2.76. The molecule has 2 aromatic rings. The van der Waals surface area contributed by atoms with Crippen LogP contribution in [0.4, 0.5) is 5.69 Å². The lowest BCUT2D eigenvalue weighted by Gasteiger charge is -2.11. The molecule has 0 saturated heterocycles. The fourth-order valence-electron chi connectivity index (χ4n) is 2.32. The lowest BCUT2D eigenvalue weighted by Crippen LogP contribution is -2.41. The Morgan fingerprint density at radius 3 is 2.27 bits per heavy atom. The lowest BCUT2D eigenvalue weighted by molar-refractivity contribution is -0.148. The van der Waals surface area contributed by atoms with Gasteiger partial charge in [-0.15, -0.1) is 0 Å². The summed E-state index contributed by atoms with van der Waals surface area (Å²) in [7, 11) is 0. The Bertz CT molecular complexity index is 885. The smallest absolute Gasteiger partial charge is 0.306 e. The summed E-state index contributed by atoms with van der Waals surface area (Å²) in [5.74, 6) is -1.78. The van der Waals surface area contributed by atoms with Crippen molar-refractivity contribution in [3.05, 3.63) is 60.2 Å². The first-order valence-corrected chi connectivity index (χ1v) is 9.31. The largest absolute Gasteiger partial charge is 0.492 e. The van der Waals surface area contributed by atoms with Crippen LogP contribution in [0.5, 0.6) is 5.75 Å². The minimum atomic E-state index is -0.715. The van der Waals surface area contributed by atoms with E-state index in [0.717, 1.165) is 0 Å². The molecule has 0 unspecified atom stereocenters. The number of nitrogens with one attached hydrogen (secondary N) is 3. The summed E-state index contributed by atoms with van der Waals surface area (Å²) in [5, 5.41) is 2.60. The Labute approximate surface area is 173 Å². The van der Waals surface area contributed by atoms with Crippen molar-refractivity contribution in [3.8, 4) is 5.75 Å². The van der Waals surface area contributed by atoms with Crippen molar-refractivity contribution < 1.29 is 28.7 Å². The Balaban J connectivity index is 1.66. The number of anilines is 1. The van der Waals surface area contributed by atoms with Crippen molar-refractivity contribution in [3.63, 3.8) is 0 Å². The van der Waals surface area contributed by atoms with Gasteiger partial charge in [0, 0.05) is 12.0 Å². The molecule has 0 aliphatic heterocycles. The van der Waals surface area contributed by atoms with Gasteiger partial charge in [0.1, 0.15) is 5.75 Å². The molecule has 0 fully saturated rings. The highest BCUT2D eigenvalue weighted by Gasteiger charge is 2.13. The maximum atomic E-state index is 12.0. The summed E-state index contributed by atoms with van der Waals surface area (Å²) in [6.45, 7) is 1.77. The van der Waals surface area contributed by atoms with E-state index in [1.807, 2.05) is 6.92 Å². The SMILES string of the molecule is CCOc1ccccc1NC(=O)COC(=O)CCC(=O)NNC(=O)c1ccccc1. The van der Waals surface area contributed by atoms with E-state index >= 15 is 0 Å². The van der Waals surface area contributed by atoms with Gasteiger partial charge in [-0.05, 0) is 31.2 Å². The monoisotopic (exact) mass is 413 g/mol. The Kier molecular flexibility index (Phi) is 8.85. The third-order valence-corrected chi connectivity index (χ3v) is 3.73. The van der Waals surface area contributed by atoms with E-state index in [-0.39, 0.29) is 12.8 Å². The summed E-state index contributed by atoms with van der Waals surface area (Å²) in [5.41, 5.74) is 5.31. The third-order valence-electron chi connectivity index (χ3n) is 3.73. The fraction of sp³-hybridized carbons (Fsp3) is 0.238. The molecule has 9 heteroatoms. The van der Waals surface area contributed by atoms with Crippen LogP contribution >= 0.6 is 0 Å². The van der Waals surface area contributed by atoms with E-state index < -0.39 is 30.3 Å². The molecule has 3 N–H and O–H groups in total. The number of para-hydroxylation sites is 2. The minimum Gasteiger partial charge on any atom is -0.492 e. The molecule has 0 aromatic heterocycles. The van der Waals surface area contributed by atoms with Crippen molar-refractivity contribution in [2.75, 3.05) is 18.5 Å². The van der Waals surface area contributed by atoms with Crippen molar-refractivity contribution in [1.29, 1.82) is 0 Å². The predicted molar refractivity (Wildman–Crippen MR) is 108 cm³/mol. The molecule has 0 aliphatic rings. The topological polar surface area (TPSA) is 123 Å². The standard InChI is InChI=1S/C21H23N3O6/c1-2-29-17-11-7-6-10-16(17)22-19(26)14-30-20(27)13-12-18(25)23-24-21(28)15-8-4-3-5-9-15/h3-11H,2,12-14H2,1H3,(H,22,26)(H,23,25)(H,24,28). The number of rotatable bonds is 9. The zero-order valence-electron chi connectivity index (χ0n) is 16.5. The van der Waals surface area contributed by atoms with E-state index in [1.165, 1.54) is 0 Å². The predicted octanol–water partition coefficient (Wildman–Crippen LogP) is 1.81. The molecule has 0 atom stereocenters. The minimum absolute atomic E-state index is 0.206. The summed E-state index contributed by atoms with van der Waals surface area (Å²) in [6.07, 6.45) is -0.446. The zero-order valence-corrected chi connectivity index (χ0v) is 16.5. The summed E-state index contributed by atoms with van der Waals surface area (Å²) < 4.78 is 10.3. The molecule has 0 saturated carbocycles.